The lowest BCUT2D eigenvalue weighted by Crippen LogP contribution is -2.19. The SMILES string of the molecule is Cc1ccc(NC(=O)CC(C)(C)C)cc1C#CCO. The van der Waals surface area contributed by atoms with Gasteiger partial charge in [0.2, 0.25) is 5.91 Å². The fourth-order valence-corrected chi connectivity index (χ4v) is 1.66. The molecule has 0 aliphatic carbocycles. The number of carbonyl (C=O) groups is 1. The van der Waals surface area contributed by atoms with Crippen LogP contribution in [0, 0.1) is 24.2 Å². The average molecular weight is 259 g/mol. The summed E-state index contributed by atoms with van der Waals surface area (Å²) >= 11 is 0. The molecule has 1 aromatic carbocycles. The van der Waals surface area contributed by atoms with Crippen LogP contribution in [0.15, 0.2) is 18.2 Å². The molecule has 0 unspecified atom stereocenters. The van der Waals surface area contributed by atoms with E-state index in [1.807, 2.05) is 45.9 Å². The number of nitrogens with one attached hydrogen (secondary N) is 1. The third kappa shape index (κ3) is 5.58. The van der Waals surface area contributed by atoms with Crippen LogP contribution in [-0.2, 0) is 4.79 Å². The molecule has 0 saturated heterocycles. The van der Waals surface area contributed by atoms with Crippen molar-refractivity contribution in [1.29, 1.82) is 0 Å². The predicted octanol–water partition coefficient (Wildman–Crippen LogP) is 2.71. The van der Waals surface area contributed by atoms with Gasteiger partial charge in [0.05, 0.1) is 0 Å². The number of aryl methyl sites for hydroxylation is 1. The lowest BCUT2D eigenvalue weighted by molar-refractivity contribution is -0.117. The highest BCUT2D eigenvalue weighted by molar-refractivity contribution is 5.91. The third-order valence-electron chi connectivity index (χ3n) is 2.51. The molecule has 0 aromatic heterocycles. The Labute approximate surface area is 115 Å². The van der Waals surface area contributed by atoms with E-state index in [2.05, 4.69) is 17.2 Å². The minimum atomic E-state index is -0.167. The first-order valence-electron chi connectivity index (χ1n) is 6.32. The van der Waals surface area contributed by atoms with E-state index < -0.39 is 0 Å². The molecule has 2 N–H and O–H groups in total. The van der Waals surface area contributed by atoms with Gasteiger partial charge in [-0.05, 0) is 30.0 Å². The van der Waals surface area contributed by atoms with Crippen molar-refractivity contribution in [2.45, 2.75) is 34.1 Å². The molecule has 1 rings (SSSR count). The Morgan fingerprint density at radius 1 is 1.37 bits per heavy atom. The van der Waals surface area contributed by atoms with Crippen LogP contribution in [0.4, 0.5) is 5.69 Å². The number of hydrogen-bond acceptors (Lipinski definition) is 2. The van der Waals surface area contributed by atoms with Crippen molar-refractivity contribution >= 4 is 11.6 Å². The van der Waals surface area contributed by atoms with E-state index in [4.69, 9.17) is 5.11 Å². The zero-order valence-electron chi connectivity index (χ0n) is 12.0. The first-order valence-corrected chi connectivity index (χ1v) is 6.32. The molecule has 102 valence electrons. The van der Waals surface area contributed by atoms with E-state index in [1.54, 1.807) is 0 Å². The van der Waals surface area contributed by atoms with Gasteiger partial charge in [0.1, 0.15) is 6.61 Å². The standard InChI is InChI=1S/C16H21NO2/c1-12-7-8-14(10-13(12)6-5-9-18)17-15(19)11-16(2,3)4/h7-8,10,18H,9,11H2,1-4H3,(H,17,19). The van der Waals surface area contributed by atoms with Crippen LogP contribution in [0.5, 0.6) is 0 Å². The molecular weight excluding hydrogens is 238 g/mol. The van der Waals surface area contributed by atoms with Gasteiger partial charge in [-0.1, -0.05) is 38.7 Å². The van der Waals surface area contributed by atoms with Gasteiger partial charge in [-0.15, -0.1) is 0 Å². The van der Waals surface area contributed by atoms with Gasteiger partial charge in [-0.25, -0.2) is 0 Å². The van der Waals surface area contributed by atoms with Gasteiger partial charge in [0.15, 0.2) is 0 Å². The van der Waals surface area contributed by atoms with E-state index in [0.29, 0.717) is 6.42 Å². The minimum absolute atomic E-state index is 0.00239. The molecule has 0 heterocycles. The maximum Gasteiger partial charge on any atom is 0.224 e. The summed E-state index contributed by atoms with van der Waals surface area (Å²) in [6.45, 7) is 7.86. The third-order valence-corrected chi connectivity index (χ3v) is 2.51. The van der Waals surface area contributed by atoms with Crippen LogP contribution in [0.1, 0.15) is 38.3 Å². The number of anilines is 1. The summed E-state index contributed by atoms with van der Waals surface area (Å²) < 4.78 is 0. The Kier molecular flexibility index (Phi) is 5.14. The van der Waals surface area contributed by atoms with Gasteiger partial charge in [0.25, 0.3) is 0 Å². The number of aliphatic hydroxyl groups is 1. The average Bonchev–Trinajstić information content (AvgIpc) is 2.27. The van der Waals surface area contributed by atoms with Crippen molar-refractivity contribution in [3.8, 4) is 11.8 Å². The van der Waals surface area contributed by atoms with Crippen LogP contribution < -0.4 is 5.32 Å². The largest absolute Gasteiger partial charge is 0.384 e. The summed E-state index contributed by atoms with van der Waals surface area (Å²) in [5.41, 5.74) is 2.55. The predicted molar refractivity (Wildman–Crippen MR) is 77.8 cm³/mol. The van der Waals surface area contributed by atoms with Gasteiger partial charge in [-0.2, -0.15) is 0 Å². The van der Waals surface area contributed by atoms with Crippen molar-refractivity contribution in [2.75, 3.05) is 11.9 Å². The van der Waals surface area contributed by atoms with E-state index in [1.165, 1.54) is 0 Å². The Hall–Kier alpha value is -1.79. The van der Waals surface area contributed by atoms with E-state index >= 15 is 0 Å². The van der Waals surface area contributed by atoms with E-state index in [9.17, 15) is 4.79 Å². The maximum atomic E-state index is 11.9. The molecule has 3 nitrogen and oxygen atoms in total. The molecule has 3 heteroatoms. The van der Waals surface area contributed by atoms with Crippen LogP contribution in [-0.4, -0.2) is 17.6 Å². The first kappa shape index (κ1) is 15.3. The molecule has 0 aliphatic heterocycles. The second kappa shape index (κ2) is 6.40. The van der Waals surface area contributed by atoms with E-state index in [-0.39, 0.29) is 17.9 Å². The number of amides is 1. The highest BCUT2D eigenvalue weighted by Gasteiger charge is 2.15. The molecule has 0 aliphatic rings. The number of aliphatic hydroxyl groups excluding tert-OH is 1. The fourth-order valence-electron chi connectivity index (χ4n) is 1.66. The number of rotatable bonds is 2. The van der Waals surface area contributed by atoms with E-state index in [0.717, 1.165) is 16.8 Å². The fraction of sp³-hybridized carbons (Fsp3) is 0.438. The second-order valence-electron chi connectivity index (χ2n) is 5.78. The maximum absolute atomic E-state index is 11.9. The summed E-state index contributed by atoms with van der Waals surface area (Å²) in [6.07, 6.45) is 0.471. The molecule has 1 amide bonds. The Morgan fingerprint density at radius 3 is 2.63 bits per heavy atom. The number of benzene rings is 1. The molecule has 0 radical (unpaired) electrons. The van der Waals surface area contributed by atoms with Crippen LogP contribution in [0.3, 0.4) is 0 Å². The van der Waals surface area contributed by atoms with Crippen LogP contribution in [0.2, 0.25) is 0 Å². The van der Waals surface area contributed by atoms with Crippen molar-refractivity contribution in [3.63, 3.8) is 0 Å². The van der Waals surface area contributed by atoms with Gasteiger partial charge < -0.3 is 10.4 Å². The van der Waals surface area contributed by atoms with Crippen molar-refractivity contribution < 1.29 is 9.90 Å². The Balaban J connectivity index is 2.83. The summed E-state index contributed by atoms with van der Waals surface area (Å²) in [6, 6.07) is 5.60. The Bertz CT molecular complexity index is 516. The number of carbonyl (C=O) groups excluding carboxylic acids is 1. The Morgan fingerprint density at radius 2 is 2.05 bits per heavy atom. The summed E-state index contributed by atoms with van der Waals surface area (Å²) in [5.74, 6) is 5.49. The zero-order valence-corrected chi connectivity index (χ0v) is 12.0. The second-order valence-corrected chi connectivity index (χ2v) is 5.78. The lowest BCUT2D eigenvalue weighted by Gasteiger charge is -2.17. The summed E-state index contributed by atoms with van der Waals surface area (Å²) in [7, 11) is 0. The quantitative estimate of drug-likeness (QED) is 0.802. The van der Waals surface area contributed by atoms with Crippen LogP contribution >= 0.6 is 0 Å². The summed E-state index contributed by atoms with van der Waals surface area (Å²) in [4.78, 5) is 11.9. The van der Waals surface area contributed by atoms with Crippen molar-refractivity contribution in [2.24, 2.45) is 5.41 Å². The monoisotopic (exact) mass is 259 g/mol. The molecule has 0 atom stereocenters. The normalized spacial score (nSPS) is 10.6. The number of hydrogen-bond donors (Lipinski definition) is 2. The minimum Gasteiger partial charge on any atom is -0.384 e. The highest BCUT2D eigenvalue weighted by Crippen LogP contribution is 2.20. The van der Waals surface area contributed by atoms with Crippen molar-refractivity contribution in [1.82, 2.24) is 0 Å². The molecule has 0 bridgehead atoms. The smallest absolute Gasteiger partial charge is 0.224 e. The van der Waals surface area contributed by atoms with Crippen LogP contribution in [0.25, 0.3) is 0 Å². The van der Waals surface area contributed by atoms with Gasteiger partial charge >= 0.3 is 0 Å². The highest BCUT2D eigenvalue weighted by atomic mass is 16.2. The van der Waals surface area contributed by atoms with Gasteiger partial charge in [-0.3, -0.25) is 4.79 Å². The molecular formula is C16H21NO2. The molecule has 19 heavy (non-hydrogen) atoms. The summed E-state index contributed by atoms with van der Waals surface area (Å²) in [5, 5.41) is 11.6. The zero-order chi connectivity index (χ0) is 14.5. The molecule has 1 aromatic rings. The lowest BCUT2D eigenvalue weighted by atomic mass is 9.92. The molecule has 0 spiro atoms. The van der Waals surface area contributed by atoms with Crippen molar-refractivity contribution in [3.05, 3.63) is 29.3 Å². The van der Waals surface area contributed by atoms with Gasteiger partial charge in [0, 0.05) is 17.7 Å². The first-order chi connectivity index (χ1) is 8.81. The molecule has 0 saturated carbocycles. The molecule has 0 fully saturated rings. The topological polar surface area (TPSA) is 49.3 Å².